The summed E-state index contributed by atoms with van der Waals surface area (Å²) in [5.74, 6) is 1.83. The van der Waals surface area contributed by atoms with Crippen LogP contribution in [0.3, 0.4) is 0 Å². The zero-order valence-corrected chi connectivity index (χ0v) is 19.5. The maximum absolute atomic E-state index is 5.71. The molecule has 3 fully saturated rings. The number of hydrogen-bond donors (Lipinski definition) is 2. The molecule has 0 bridgehead atoms. The largest absolute Gasteiger partial charge is 0.381 e. The summed E-state index contributed by atoms with van der Waals surface area (Å²) in [6.07, 6.45) is 6.07. The number of nitrogens with one attached hydrogen (secondary N) is 2. The predicted molar refractivity (Wildman–Crippen MR) is 127 cm³/mol. The quantitative estimate of drug-likeness (QED) is 0.518. The molecule has 6 nitrogen and oxygen atoms in total. The summed E-state index contributed by atoms with van der Waals surface area (Å²) >= 11 is 0. The van der Waals surface area contributed by atoms with E-state index in [2.05, 4.69) is 62.7 Å². The molecule has 4 rings (SSSR count). The summed E-state index contributed by atoms with van der Waals surface area (Å²) in [5, 5.41) is 7.69. The van der Waals surface area contributed by atoms with Gasteiger partial charge in [-0.05, 0) is 63.6 Å². The lowest BCUT2D eigenvalue weighted by Crippen LogP contribution is -2.58. The lowest BCUT2D eigenvalue weighted by atomic mass is 9.88. The Morgan fingerprint density at radius 2 is 1.90 bits per heavy atom. The van der Waals surface area contributed by atoms with Gasteiger partial charge in [0, 0.05) is 58.0 Å². The van der Waals surface area contributed by atoms with Crippen molar-refractivity contribution in [2.75, 3.05) is 59.5 Å². The van der Waals surface area contributed by atoms with E-state index in [0.717, 1.165) is 57.6 Å². The van der Waals surface area contributed by atoms with Gasteiger partial charge in [-0.2, -0.15) is 0 Å². The number of likely N-dealkylation sites (tertiary alicyclic amines) is 2. The molecule has 1 aromatic carbocycles. The molecule has 3 saturated heterocycles. The smallest absolute Gasteiger partial charge is 0.193 e. The number of hydrogen-bond acceptors (Lipinski definition) is 4. The zero-order chi connectivity index (χ0) is 21.5. The van der Waals surface area contributed by atoms with Gasteiger partial charge < -0.3 is 25.2 Å². The third-order valence-corrected chi connectivity index (χ3v) is 7.37. The van der Waals surface area contributed by atoms with E-state index >= 15 is 0 Å². The molecule has 172 valence electrons. The number of guanidine groups is 1. The minimum absolute atomic E-state index is 0.0259. The molecule has 0 aromatic heterocycles. The molecule has 0 spiro atoms. The first-order valence-corrected chi connectivity index (χ1v) is 12.3. The first-order chi connectivity index (χ1) is 15.2. The SMILES string of the molecule is CN=C(NCC1(NC(C)c2ccccc2)CCOCC1)N1CCC(CN2CCCC2)C1. The molecule has 2 unspecified atom stereocenters. The summed E-state index contributed by atoms with van der Waals surface area (Å²) in [4.78, 5) is 9.76. The molecule has 0 amide bonds. The van der Waals surface area contributed by atoms with Crippen LogP contribution >= 0.6 is 0 Å². The van der Waals surface area contributed by atoms with E-state index in [1.165, 1.54) is 44.5 Å². The molecule has 1 aromatic rings. The van der Waals surface area contributed by atoms with Crippen LogP contribution in [0, 0.1) is 5.92 Å². The van der Waals surface area contributed by atoms with E-state index in [0.29, 0.717) is 6.04 Å². The zero-order valence-electron chi connectivity index (χ0n) is 19.5. The first kappa shape index (κ1) is 22.6. The van der Waals surface area contributed by atoms with Crippen molar-refractivity contribution in [2.24, 2.45) is 10.9 Å². The average Bonchev–Trinajstić information content (AvgIpc) is 3.48. The minimum atomic E-state index is 0.0259. The highest BCUT2D eigenvalue weighted by molar-refractivity contribution is 5.80. The van der Waals surface area contributed by atoms with Gasteiger partial charge in [-0.15, -0.1) is 0 Å². The molecule has 0 aliphatic carbocycles. The standard InChI is InChI=1S/C25H41N5O/c1-21(23-8-4-3-5-9-23)28-25(11-16-31-17-12-25)20-27-24(26-2)30-15-10-22(19-30)18-29-13-6-7-14-29/h3-5,8-9,21-22,28H,6-7,10-20H2,1-2H3,(H,26,27). The van der Waals surface area contributed by atoms with Gasteiger partial charge in [0.1, 0.15) is 0 Å². The number of aliphatic imine (C=N–C) groups is 1. The lowest BCUT2D eigenvalue weighted by Gasteiger charge is -2.41. The Bertz CT molecular complexity index is 697. The minimum Gasteiger partial charge on any atom is -0.381 e. The molecule has 31 heavy (non-hydrogen) atoms. The average molecular weight is 428 g/mol. The summed E-state index contributed by atoms with van der Waals surface area (Å²) in [6, 6.07) is 11.1. The van der Waals surface area contributed by atoms with Crippen LogP contribution in [0.2, 0.25) is 0 Å². The van der Waals surface area contributed by atoms with E-state index in [1.54, 1.807) is 0 Å². The molecular formula is C25H41N5O. The number of benzene rings is 1. The fourth-order valence-corrected chi connectivity index (χ4v) is 5.50. The van der Waals surface area contributed by atoms with Crippen molar-refractivity contribution in [1.29, 1.82) is 0 Å². The van der Waals surface area contributed by atoms with Crippen LogP contribution in [0.1, 0.15) is 50.6 Å². The first-order valence-electron chi connectivity index (χ1n) is 12.3. The van der Waals surface area contributed by atoms with E-state index in [4.69, 9.17) is 4.74 Å². The van der Waals surface area contributed by atoms with E-state index in [1.807, 2.05) is 7.05 Å². The summed E-state index contributed by atoms with van der Waals surface area (Å²) < 4.78 is 5.71. The molecule has 2 atom stereocenters. The van der Waals surface area contributed by atoms with Gasteiger partial charge in [0.2, 0.25) is 0 Å². The van der Waals surface area contributed by atoms with Gasteiger partial charge in [0.25, 0.3) is 0 Å². The van der Waals surface area contributed by atoms with Gasteiger partial charge in [-0.3, -0.25) is 4.99 Å². The summed E-state index contributed by atoms with van der Waals surface area (Å²) in [6.45, 7) is 10.9. The second-order valence-electron chi connectivity index (χ2n) is 9.68. The van der Waals surface area contributed by atoms with Crippen molar-refractivity contribution in [3.8, 4) is 0 Å². The summed E-state index contributed by atoms with van der Waals surface area (Å²) in [7, 11) is 1.92. The van der Waals surface area contributed by atoms with Crippen LogP contribution < -0.4 is 10.6 Å². The molecule has 2 N–H and O–H groups in total. The van der Waals surface area contributed by atoms with Crippen molar-refractivity contribution in [3.63, 3.8) is 0 Å². The van der Waals surface area contributed by atoms with Crippen LogP contribution in [-0.2, 0) is 4.74 Å². The molecule has 3 aliphatic heterocycles. The van der Waals surface area contributed by atoms with Gasteiger partial charge in [-0.1, -0.05) is 30.3 Å². The Morgan fingerprint density at radius 1 is 1.16 bits per heavy atom. The second-order valence-corrected chi connectivity index (χ2v) is 9.68. The highest BCUT2D eigenvalue weighted by Gasteiger charge is 2.35. The second kappa shape index (κ2) is 10.8. The normalized spacial score (nSPS) is 25.7. The van der Waals surface area contributed by atoms with Crippen LogP contribution in [0.5, 0.6) is 0 Å². The van der Waals surface area contributed by atoms with Gasteiger partial charge >= 0.3 is 0 Å². The van der Waals surface area contributed by atoms with Gasteiger partial charge in [-0.25, -0.2) is 0 Å². The van der Waals surface area contributed by atoms with Crippen molar-refractivity contribution in [2.45, 2.75) is 50.6 Å². The van der Waals surface area contributed by atoms with E-state index < -0.39 is 0 Å². The fraction of sp³-hybridized carbons (Fsp3) is 0.720. The number of ether oxygens (including phenoxy) is 1. The Hall–Kier alpha value is -1.63. The third-order valence-electron chi connectivity index (χ3n) is 7.37. The highest BCUT2D eigenvalue weighted by atomic mass is 16.5. The number of nitrogens with zero attached hydrogens (tertiary/aromatic N) is 3. The molecule has 3 aliphatic rings. The van der Waals surface area contributed by atoms with Crippen LogP contribution in [0.4, 0.5) is 0 Å². The fourth-order valence-electron chi connectivity index (χ4n) is 5.50. The molecular weight excluding hydrogens is 386 g/mol. The molecule has 3 heterocycles. The van der Waals surface area contributed by atoms with Crippen LogP contribution in [-0.4, -0.2) is 80.8 Å². The Balaban J connectivity index is 1.33. The van der Waals surface area contributed by atoms with Crippen LogP contribution in [0.15, 0.2) is 35.3 Å². The molecule has 0 saturated carbocycles. The maximum Gasteiger partial charge on any atom is 0.193 e. The van der Waals surface area contributed by atoms with Crippen molar-refractivity contribution in [1.82, 2.24) is 20.4 Å². The van der Waals surface area contributed by atoms with Crippen LogP contribution in [0.25, 0.3) is 0 Å². The van der Waals surface area contributed by atoms with Crippen molar-refractivity contribution in [3.05, 3.63) is 35.9 Å². The Labute approximate surface area is 188 Å². The molecule has 0 radical (unpaired) electrons. The van der Waals surface area contributed by atoms with E-state index in [9.17, 15) is 0 Å². The van der Waals surface area contributed by atoms with Crippen molar-refractivity contribution >= 4 is 5.96 Å². The third kappa shape index (κ3) is 5.99. The summed E-state index contributed by atoms with van der Waals surface area (Å²) in [5.41, 5.74) is 1.36. The Kier molecular flexibility index (Phi) is 7.86. The molecule has 6 heteroatoms. The van der Waals surface area contributed by atoms with Gasteiger partial charge in [0.15, 0.2) is 5.96 Å². The predicted octanol–water partition coefficient (Wildman–Crippen LogP) is 2.88. The Morgan fingerprint density at radius 3 is 2.61 bits per heavy atom. The van der Waals surface area contributed by atoms with Crippen molar-refractivity contribution < 1.29 is 4.74 Å². The lowest BCUT2D eigenvalue weighted by molar-refractivity contribution is 0.0353. The van der Waals surface area contributed by atoms with Gasteiger partial charge in [0.05, 0.1) is 0 Å². The van der Waals surface area contributed by atoms with E-state index in [-0.39, 0.29) is 5.54 Å². The highest BCUT2D eigenvalue weighted by Crippen LogP contribution is 2.26. The monoisotopic (exact) mass is 427 g/mol. The number of rotatable bonds is 7. The topological polar surface area (TPSA) is 52.1 Å². The maximum atomic E-state index is 5.71.